The van der Waals surface area contributed by atoms with Gasteiger partial charge in [-0.2, -0.15) is 5.10 Å². The first-order valence-corrected chi connectivity index (χ1v) is 13.5. The Bertz CT molecular complexity index is 1190. The molecule has 0 saturated carbocycles. The van der Waals surface area contributed by atoms with Gasteiger partial charge in [-0.25, -0.2) is 22.8 Å². The molecule has 33 heavy (non-hydrogen) atoms. The molecule has 1 aromatic heterocycles. The van der Waals surface area contributed by atoms with Gasteiger partial charge in [0.15, 0.2) is 9.92 Å². The average molecular weight is 471 g/mol. The van der Waals surface area contributed by atoms with E-state index in [0.29, 0.717) is 36.4 Å². The zero-order valence-electron chi connectivity index (χ0n) is 18.7. The summed E-state index contributed by atoms with van der Waals surface area (Å²) in [4.78, 5) is 13.6. The molecule has 3 heterocycles. The molecule has 10 heteroatoms. The predicted octanol–water partition coefficient (Wildman–Crippen LogP) is 2.43. The van der Waals surface area contributed by atoms with Crippen molar-refractivity contribution in [2.75, 3.05) is 31.6 Å². The summed E-state index contributed by atoms with van der Waals surface area (Å²) in [7, 11) is -3.26. The number of aromatic nitrogens is 2. The highest BCUT2D eigenvalue weighted by Gasteiger charge is 2.30. The summed E-state index contributed by atoms with van der Waals surface area (Å²) in [5, 5.41) is 10.6. The van der Waals surface area contributed by atoms with E-state index >= 15 is 0 Å². The van der Waals surface area contributed by atoms with Gasteiger partial charge < -0.3 is 15.4 Å². The number of benzene rings is 1. The van der Waals surface area contributed by atoms with Gasteiger partial charge in [0.25, 0.3) is 0 Å². The lowest BCUT2D eigenvalue weighted by molar-refractivity contribution is 0.224. The summed E-state index contributed by atoms with van der Waals surface area (Å²) < 4.78 is 28.9. The normalized spacial score (nSPS) is 20.6. The summed E-state index contributed by atoms with van der Waals surface area (Å²) in [6.45, 7) is 3.33. The zero-order chi connectivity index (χ0) is 22.4. The van der Waals surface area contributed by atoms with Gasteiger partial charge in [-0.3, -0.25) is 0 Å². The summed E-state index contributed by atoms with van der Waals surface area (Å²) in [6, 6.07) is 1.84. The van der Waals surface area contributed by atoms with Crippen LogP contribution in [-0.2, 0) is 42.1 Å². The average Bonchev–Trinajstić information content (AvgIpc) is 3.51. The number of nitrogens with one attached hydrogen (secondary N) is 3. The van der Waals surface area contributed by atoms with E-state index in [-0.39, 0.29) is 0 Å². The summed E-state index contributed by atoms with van der Waals surface area (Å²) in [6.07, 6.45) is 8.64. The van der Waals surface area contributed by atoms with Crippen molar-refractivity contribution in [1.82, 2.24) is 19.8 Å². The molecule has 9 nitrogen and oxygen atoms in total. The van der Waals surface area contributed by atoms with Crippen LogP contribution in [0.2, 0.25) is 0 Å². The smallest absolute Gasteiger partial charge is 0.331 e. The standard InChI is InChI=1S/C23H30N6O3S/c30-23(27-21-18-6-1-4-16(18)10-17-5-2-7-19(17)21)28-33(31,26-13-15-11-24-12-15)20-14-25-29-8-3-9-32-22(20)29/h10,14-15,24H,1-9,11-13H2,(H2,26,27,28,30,31). The first-order chi connectivity index (χ1) is 16.1. The molecule has 2 amide bonds. The molecule has 0 spiro atoms. The Morgan fingerprint density at radius 2 is 1.94 bits per heavy atom. The van der Waals surface area contributed by atoms with Crippen LogP contribution in [0.3, 0.4) is 0 Å². The molecular weight excluding hydrogens is 440 g/mol. The minimum atomic E-state index is -3.26. The number of rotatable bonds is 5. The molecule has 2 aromatic rings. The number of carbonyl (C=O) groups excluding carboxylic acids is 1. The maximum absolute atomic E-state index is 14.1. The van der Waals surface area contributed by atoms with Crippen LogP contribution in [0.15, 0.2) is 21.5 Å². The van der Waals surface area contributed by atoms with E-state index < -0.39 is 15.9 Å². The Labute approximate surface area is 194 Å². The largest absolute Gasteiger partial charge is 0.477 e. The van der Waals surface area contributed by atoms with Crippen LogP contribution in [0.5, 0.6) is 5.88 Å². The van der Waals surface area contributed by atoms with Crippen LogP contribution >= 0.6 is 0 Å². The SMILES string of the molecule is O=C(Nc1c2c(cc3c1CCC3)CCC2)NS(=O)(=NCC1CNC1)c1cnn2c1OCCC2. The fourth-order valence-corrected chi connectivity index (χ4v) is 6.94. The number of hydrogen-bond donors (Lipinski definition) is 3. The van der Waals surface area contributed by atoms with Crippen molar-refractivity contribution in [3.05, 3.63) is 34.5 Å². The van der Waals surface area contributed by atoms with Crippen LogP contribution in [0.4, 0.5) is 10.5 Å². The third kappa shape index (κ3) is 3.78. The highest BCUT2D eigenvalue weighted by molar-refractivity contribution is 7.92. The van der Waals surface area contributed by atoms with Crippen LogP contribution < -0.4 is 20.1 Å². The molecule has 0 radical (unpaired) electrons. The number of urea groups is 1. The summed E-state index contributed by atoms with van der Waals surface area (Å²) in [5.74, 6) is 0.771. The number of aryl methyl sites for hydroxylation is 3. The topological polar surface area (TPSA) is 110 Å². The fraction of sp³-hybridized carbons (Fsp3) is 0.565. The zero-order valence-corrected chi connectivity index (χ0v) is 19.5. The van der Waals surface area contributed by atoms with E-state index in [1.54, 1.807) is 4.68 Å². The van der Waals surface area contributed by atoms with Crippen LogP contribution in [0, 0.1) is 5.92 Å². The molecule has 2 aliphatic heterocycles. The first-order valence-electron chi connectivity index (χ1n) is 12.0. The molecule has 1 atom stereocenters. The van der Waals surface area contributed by atoms with E-state index in [1.165, 1.54) is 28.5 Å². The van der Waals surface area contributed by atoms with Gasteiger partial charge in [-0.05, 0) is 60.8 Å². The molecule has 3 N–H and O–H groups in total. The van der Waals surface area contributed by atoms with Gasteiger partial charge in [0, 0.05) is 37.7 Å². The van der Waals surface area contributed by atoms with E-state index in [1.807, 2.05) is 0 Å². The molecular formula is C23H30N6O3S. The van der Waals surface area contributed by atoms with Crippen LogP contribution in [0.25, 0.3) is 0 Å². The van der Waals surface area contributed by atoms with E-state index in [4.69, 9.17) is 4.74 Å². The van der Waals surface area contributed by atoms with Gasteiger partial charge in [0.1, 0.15) is 4.90 Å². The minimum Gasteiger partial charge on any atom is -0.477 e. The molecule has 1 aromatic carbocycles. The molecule has 0 bridgehead atoms. The van der Waals surface area contributed by atoms with Gasteiger partial charge in [0.05, 0.1) is 19.3 Å². The number of carbonyl (C=O) groups is 1. The molecule has 176 valence electrons. The fourth-order valence-electron chi connectivity index (χ4n) is 5.31. The lowest BCUT2D eigenvalue weighted by Crippen LogP contribution is -2.44. The maximum atomic E-state index is 14.1. The molecule has 2 aliphatic carbocycles. The summed E-state index contributed by atoms with van der Waals surface area (Å²) >= 11 is 0. The number of anilines is 1. The van der Waals surface area contributed by atoms with Crippen LogP contribution in [-0.4, -0.2) is 46.3 Å². The number of fused-ring (bicyclic) bond motifs is 3. The van der Waals surface area contributed by atoms with Crippen molar-refractivity contribution in [2.24, 2.45) is 10.3 Å². The first kappa shape index (κ1) is 21.0. The third-order valence-electron chi connectivity index (χ3n) is 7.13. The second-order valence-corrected chi connectivity index (χ2v) is 11.3. The van der Waals surface area contributed by atoms with Crippen molar-refractivity contribution in [3.63, 3.8) is 0 Å². The van der Waals surface area contributed by atoms with Crippen molar-refractivity contribution in [1.29, 1.82) is 0 Å². The van der Waals surface area contributed by atoms with Gasteiger partial charge >= 0.3 is 6.03 Å². The number of hydrogen-bond acceptors (Lipinski definition) is 6. The molecule has 1 saturated heterocycles. The Kier molecular flexibility index (Phi) is 5.29. The molecule has 1 unspecified atom stereocenters. The van der Waals surface area contributed by atoms with Gasteiger partial charge in [-0.15, -0.1) is 0 Å². The van der Waals surface area contributed by atoms with E-state index in [2.05, 4.69) is 30.9 Å². The second-order valence-electron chi connectivity index (χ2n) is 9.39. The maximum Gasteiger partial charge on any atom is 0.331 e. The van der Waals surface area contributed by atoms with Crippen LogP contribution in [0.1, 0.15) is 41.5 Å². The van der Waals surface area contributed by atoms with E-state index in [9.17, 15) is 9.00 Å². The summed E-state index contributed by atoms with van der Waals surface area (Å²) in [5.41, 5.74) is 6.08. The molecule has 4 aliphatic rings. The Balaban J connectivity index is 1.32. The lowest BCUT2D eigenvalue weighted by Gasteiger charge is -2.26. The lowest BCUT2D eigenvalue weighted by atomic mass is 9.99. The Morgan fingerprint density at radius 1 is 1.18 bits per heavy atom. The van der Waals surface area contributed by atoms with E-state index in [0.717, 1.165) is 63.7 Å². The number of ether oxygens (including phenoxy) is 1. The highest BCUT2D eigenvalue weighted by Crippen LogP contribution is 2.38. The quantitative estimate of drug-likeness (QED) is 0.622. The van der Waals surface area contributed by atoms with Crippen molar-refractivity contribution in [2.45, 2.75) is 56.4 Å². The van der Waals surface area contributed by atoms with Gasteiger partial charge in [0.2, 0.25) is 5.88 Å². The highest BCUT2D eigenvalue weighted by atomic mass is 32.2. The monoisotopic (exact) mass is 470 g/mol. The van der Waals surface area contributed by atoms with Crippen molar-refractivity contribution >= 4 is 21.6 Å². The Hall–Kier alpha value is -2.59. The van der Waals surface area contributed by atoms with Crippen molar-refractivity contribution in [3.8, 4) is 5.88 Å². The molecule has 1 fully saturated rings. The second kappa shape index (κ2) is 8.32. The minimum absolute atomic E-state index is 0.323. The van der Waals surface area contributed by atoms with Gasteiger partial charge in [-0.1, -0.05) is 6.07 Å². The molecule has 6 rings (SSSR count). The van der Waals surface area contributed by atoms with Crippen molar-refractivity contribution < 1.29 is 13.7 Å². The Morgan fingerprint density at radius 3 is 2.64 bits per heavy atom. The third-order valence-corrected chi connectivity index (χ3v) is 8.98. The number of amides is 2. The predicted molar refractivity (Wildman–Crippen MR) is 125 cm³/mol. The number of nitrogens with zero attached hydrogens (tertiary/aromatic N) is 3.